The molecule has 1 fully saturated rings. The summed E-state index contributed by atoms with van der Waals surface area (Å²) in [5, 5.41) is 30.5. The van der Waals surface area contributed by atoms with Gasteiger partial charge in [-0.3, -0.25) is 4.79 Å². The monoisotopic (exact) mass is 332 g/mol. The molecule has 0 aliphatic heterocycles. The van der Waals surface area contributed by atoms with Crippen molar-refractivity contribution in [1.82, 2.24) is 0 Å². The summed E-state index contributed by atoms with van der Waals surface area (Å²) in [6.07, 6.45) is 1.93. The number of hydrogen-bond acceptors (Lipinski definition) is 3. The third kappa shape index (κ3) is 2.47. The van der Waals surface area contributed by atoms with Crippen molar-refractivity contribution in [3.05, 3.63) is 34.9 Å². The SMILES string of the molecule is CC(C)(O)c1ccc2c(c1)CCC1[C@](C)(C(=O)O)CC(O)C[C@]21C. The molecule has 0 saturated heterocycles. The zero-order chi connectivity index (χ0) is 17.9. The number of benzene rings is 1. The molecule has 0 bridgehead atoms. The Labute approximate surface area is 143 Å². The summed E-state index contributed by atoms with van der Waals surface area (Å²) < 4.78 is 0. The summed E-state index contributed by atoms with van der Waals surface area (Å²) in [4.78, 5) is 12.0. The summed E-state index contributed by atoms with van der Waals surface area (Å²) in [5.74, 6) is -0.805. The van der Waals surface area contributed by atoms with Crippen molar-refractivity contribution >= 4 is 5.97 Å². The molecule has 4 heteroatoms. The second-order valence-electron chi connectivity index (χ2n) is 8.72. The number of aliphatic hydroxyl groups excluding tert-OH is 1. The van der Waals surface area contributed by atoms with Gasteiger partial charge in [-0.15, -0.1) is 0 Å². The number of carbonyl (C=O) groups is 1. The molecule has 3 rings (SSSR count). The summed E-state index contributed by atoms with van der Waals surface area (Å²) in [6.45, 7) is 7.43. The first-order valence-corrected chi connectivity index (χ1v) is 8.76. The maximum absolute atomic E-state index is 12.0. The lowest BCUT2D eigenvalue weighted by atomic mass is 9.49. The van der Waals surface area contributed by atoms with E-state index in [1.54, 1.807) is 20.8 Å². The van der Waals surface area contributed by atoms with Crippen LogP contribution in [0.3, 0.4) is 0 Å². The minimum atomic E-state index is -0.904. The van der Waals surface area contributed by atoms with Gasteiger partial charge >= 0.3 is 5.97 Å². The Morgan fingerprint density at radius 1 is 1.25 bits per heavy atom. The van der Waals surface area contributed by atoms with Crippen LogP contribution in [-0.2, 0) is 22.2 Å². The van der Waals surface area contributed by atoms with Crippen molar-refractivity contribution in [2.45, 2.75) is 70.5 Å². The quantitative estimate of drug-likeness (QED) is 0.778. The minimum absolute atomic E-state index is 0.00591. The van der Waals surface area contributed by atoms with Crippen LogP contribution in [0.15, 0.2) is 18.2 Å². The predicted octanol–water partition coefficient (Wildman–Crippen LogP) is 2.98. The first-order chi connectivity index (χ1) is 11.0. The smallest absolute Gasteiger partial charge is 0.309 e. The molecule has 0 heterocycles. The van der Waals surface area contributed by atoms with E-state index in [0.29, 0.717) is 12.8 Å². The van der Waals surface area contributed by atoms with Crippen LogP contribution in [0.2, 0.25) is 0 Å². The molecule has 24 heavy (non-hydrogen) atoms. The Bertz CT molecular complexity index is 675. The van der Waals surface area contributed by atoms with E-state index in [2.05, 4.69) is 13.0 Å². The molecule has 1 aromatic rings. The van der Waals surface area contributed by atoms with E-state index in [0.717, 1.165) is 24.0 Å². The van der Waals surface area contributed by atoms with Crippen LogP contribution in [0.4, 0.5) is 0 Å². The van der Waals surface area contributed by atoms with E-state index >= 15 is 0 Å². The highest BCUT2D eigenvalue weighted by molar-refractivity contribution is 5.75. The number of aliphatic carboxylic acids is 1. The van der Waals surface area contributed by atoms with Gasteiger partial charge in [0.05, 0.1) is 17.1 Å². The number of rotatable bonds is 2. The van der Waals surface area contributed by atoms with E-state index in [-0.39, 0.29) is 11.3 Å². The van der Waals surface area contributed by atoms with Gasteiger partial charge in [-0.25, -0.2) is 0 Å². The van der Waals surface area contributed by atoms with Gasteiger partial charge in [0.2, 0.25) is 0 Å². The van der Waals surface area contributed by atoms with Crippen molar-refractivity contribution < 1.29 is 20.1 Å². The lowest BCUT2D eigenvalue weighted by Gasteiger charge is -2.55. The second-order valence-corrected chi connectivity index (χ2v) is 8.72. The first-order valence-electron chi connectivity index (χ1n) is 8.76. The Morgan fingerprint density at radius 3 is 2.50 bits per heavy atom. The molecule has 132 valence electrons. The zero-order valence-corrected chi connectivity index (χ0v) is 15.0. The average Bonchev–Trinajstić information content (AvgIpc) is 2.44. The van der Waals surface area contributed by atoms with Crippen LogP contribution >= 0.6 is 0 Å². The third-order valence-corrected chi connectivity index (χ3v) is 6.48. The van der Waals surface area contributed by atoms with Gasteiger partial charge in [0.15, 0.2) is 0 Å². The number of hydrogen-bond donors (Lipinski definition) is 3. The van der Waals surface area contributed by atoms with E-state index in [1.165, 1.54) is 5.56 Å². The van der Waals surface area contributed by atoms with E-state index in [9.17, 15) is 20.1 Å². The number of carboxylic acids is 1. The van der Waals surface area contributed by atoms with Crippen molar-refractivity contribution in [3.8, 4) is 0 Å². The summed E-state index contributed by atoms with van der Waals surface area (Å²) in [6, 6.07) is 6.02. The molecule has 0 radical (unpaired) electrons. The Hall–Kier alpha value is -1.39. The van der Waals surface area contributed by atoms with Crippen LogP contribution < -0.4 is 0 Å². The van der Waals surface area contributed by atoms with Crippen molar-refractivity contribution in [1.29, 1.82) is 0 Å². The van der Waals surface area contributed by atoms with Gasteiger partial charge in [0.25, 0.3) is 0 Å². The van der Waals surface area contributed by atoms with Crippen LogP contribution in [0.5, 0.6) is 0 Å². The second kappa shape index (κ2) is 5.30. The standard InChI is InChI=1S/C20H28O4/c1-18(2,24)13-6-7-15-12(9-13)5-8-16-19(15,3)10-14(21)11-20(16,4)17(22)23/h6-7,9,14,16,21,24H,5,8,10-11H2,1-4H3,(H,22,23)/t14?,16?,19-,20-/m1/s1. The van der Waals surface area contributed by atoms with Gasteiger partial charge in [0, 0.05) is 0 Å². The predicted molar refractivity (Wildman–Crippen MR) is 91.8 cm³/mol. The highest BCUT2D eigenvalue weighted by Crippen LogP contribution is 2.57. The molecule has 0 spiro atoms. The fourth-order valence-corrected chi connectivity index (χ4v) is 5.25. The molecule has 3 N–H and O–H groups in total. The molecule has 0 amide bonds. The molecular weight excluding hydrogens is 304 g/mol. The van der Waals surface area contributed by atoms with Crippen LogP contribution in [0.25, 0.3) is 0 Å². The largest absolute Gasteiger partial charge is 0.481 e. The fourth-order valence-electron chi connectivity index (χ4n) is 5.25. The van der Waals surface area contributed by atoms with Gasteiger partial charge in [-0.2, -0.15) is 0 Å². The normalized spacial score (nSPS) is 35.9. The Balaban J connectivity index is 2.11. The van der Waals surface area contributed by atoms with Crippen LogP contribution in [-0.4, -0.2) is 27.4 Å². The van der Waals surface area contributed by atoms with Crippen molar-refractivity contribution in [2.75, 3.05) is 0 Å². The number of aliphatic hydroxyl groups is 2. The van der Waals surface area contributed by atoms with Gasteiger partial charge in [-0.1, -0.05) is 25.1 Å². The lowest BCUT2D eigenvalue weighted by Crippen LogP contribution is -2.56. The summed E-state index contributed by atoms with van der Waals surface area (Å²) in [7, 11) is 0. The highest BCUT2D eigenvalue weighted by Gasteiger charge is 2.57. The fraction of sp³-hybridized carbons (Fsp3) is 0.650. The van der Waals surface area contributed by atoms with E-state index in [4.69, 9.17) is 0 Å². The Kier molecular flexibility index (Phi) is 3.85. The zero-order valence-electron chi connectivity index (χ0n) is 15.0. The number of aryl methyl sites for hydroxylation is 1. The Morgan fingerprint density at radius 2 is 1.92 bits per heavy atom. The van der Waals surface area contributed by atoms with Gasteiger partial charge in [0.1, 0.15) is 0 Å². The molecular formula is C20H28O4. The number of fused-ring (bicyclic) bond motifs is 3. The molecule has 0 aromatic heterocycles. The van der Waals surface area contributed by atoms with Gasteiger partial charge < -0.3 is 15.3 Å². The molecule has 1 aromatic carbocycles. The lowest BCUT2D eigenvalue weighted by molar-refractivity contribution is -0.162. The average molecular weight is 332 g/mol. The number of carboxylic acid groups (broad SMARTS) is 1. The van der Waals surface area contributed by atoms with E-state index in [1.807, 2.05) is 12.1 Å². The molecule has 2 aliphatic rings. The summed E-state index contributed by atoms with van der Waals surface area (Å²) >= 11 is 0. The molecule has 4 nitrogen and oxygen atoms in total. The highest BCUT2D eigenvalue weighted by atomic mass is 16.4. The first kappa shape index (κ1) is 17.4. The molecule has 2 unspecified atom stereocenters. The summed E-state index contributed by atoms with van der Waals surface area (Å²) in [5.41, 5.74) is 1.04. The van der Waals surface area contributed by atoms with Crippen molar-refractivity contribution in [3.63, 3.8) is 0 Å². The minimum Gasteiger partial charge on any atom is -0.481 e. The topological polar surface area (TPSA) is 77.8 Å². The van der Waals surface area contributed by atoms with Crippen LogP contribution in [0.1, 0.15) is 63.6 Å². The van der Waals surface area contributed by atoms with Crippen molar-refractivity contribution in [2.24, 2.45) is 11.3 Å². The van der Waals surface area contributed by atoms with Crippen LogP contribution in [0, 0.1) is 11.3 Å². The van der Waals surface area contributed by atoms with E-state index < -0.39 is 23.1 Å². The maximum atomic E-state index is 12.0. The maximum Gasteiger partial charge on any atom is 0.309 e. The molecule has 1 saturated carbocycles. The van der Waals surface area contributed by atoms with Gasteiger partial charge in [-0.05, 0) is 74.5 Å². The third-order valence-electron chi connectivity index (χ3n) is 6.48. The molecule has 2 aliphatic carbocycles. The molecule has 4 atom stereocenters.